The van der Waals surface area contributed by atoms with Crippen molar-refractivity contribution in [2.24, 2.45) is 11.3 Å². The summed E-state index contributed by atoms with van der Waals surface area (Å²) in [5, 5.41) is 12.0. The molecule has 2 fully saturated rings. The molecule has 2 aliphatic carbocycles. The fourth-order valence-corrected chi connectivity index (χ4v) is 3.22. The molecule has 0 aromatic rings. The van der Waals surface area contributed by atoms with Crippen molar-refractivity contribution in [2.75, 3.05) is 0 Å². The van der Waals surface area contributed by atoms with Crippen LogP contribution < -0.4 is 5.32 Å². The smallest absolute Gasteiger partial charge is 0.329 e. The highest BCUT2D eigenvalue weighted by Gasteiger charge is 2.54. The summed E-state index contributed by atoms with van der Waals surface area (Å²) in [5.74, 6) is -0.434. The SMILES string of the molecule is CC(C)CC1(C(=O)NC2(C(=O)O)CC2)CCCC1. The van der Waals surface area contributed by atoms with Gasteiger partial charge in [-0.25, -0.2) is 4.79 Å². The molecule has 0 spiro atoms. The Hall–Kier alpha value is -1.06. The molecule has 2 N–H and O–H groups in total. The van der Waals surface area contributed by atoms with Crippen molar-refractivity contribution in [1.29, 1.82) is 0 Å². The van der Waals surface area contributed by atoms with Crippen LogP contribution in [0.4, 0.5) is 0 Å². The molecule has 1 amide bonds. The van der Waals surface area contributed by atoms with Crippen LogP contribution >= 0.6 is 0 Å². The van der Waals surface area contributed by atoms with Gasteiger partial charge >= 0.3 is 5.97 Å². The van der Waals surface area contributed by atoms with Crippen LogP contribution in [-0.2, 0) is 9.59 Å². The highest BCUT2D eigenvalue weighted by atomic mass is 16.4. The molecule has 0 heterocycles. The van der Waals surface area contributed by atoms with Gasteiger partial charge in [0, 0.05) is 5.41 Å². The van der Waals surface area contributed by atoms with Gasteiger partial charge < -0.3 is 10.4 Å². The summed E-state index contributed by atoms with van der Waals surface area (Å²) in [6.07, 6.45) is 6.01. The highest BCUT2D eigenvalue weighted by Crippen LogP contribution is 2.45. The average Bonchev–Trinajstić information content (AvgIpc) is 2.90. The van der Waals surface area contributed by atoms with Gasteiger partial charge in [-0.3, -0.25) is 4.79 Å². The zero-order chi connectivity index (χ0) is 13.4. The number of rotatable bonds is 5. The monoisotopic (exact) mass is 253 g/mol. The summed E-state index contributed by atoms with van der Waals surface area (Å²) >= 11 is 0. The second-order valence-electron chi connectivity index (χ2n) is 6.43. The first-order chi connectivity index (χ1) is 8.40. The van der Waals surface area contributed by atoms with Gasteiger partial charge in [0.15, 0.2) is 0 Å². The van der Waals surface area contributed by atoms with E-state index in [1.165, 1.54) is 0 Å². The number of hydrogen-bond acceptors (Lipinski definition) is 2. The maximum absolute atomic E-state index is 12.5. The quantitative estimate of drug-likeness (QED) is 0.790. The standard InChI is InChI=1S/C14H23NO3/c1-10(2)9-13(5-3-4-6-13)11(16)15-14(7-8-14)12(17)18/h10H,3-9H2,1-2H3,(H,15,16)(H,17,18). The van der Waals surface area contributed by atoms with E-state index in [1.807, 2.05) is 0 Å². The summed E-state index contributed by atoms with van der Waals surface area (Å²) in [7, 11) is 0. The molecule has 18 heavy (non-hydrogen) atoms. The molecule has 0 unspecified atom stereocenters. The lowest BCUT2D eigenvalue weighted by molar-refractivity contribution is -0.145. The van der Waals surface area contributed by atoms with Gasteiger partial charge in [0.05, 0.1) is 0 Å². The van der Waals surface area contributed by atoms with Crippen LogP contribution in [-0.4, -0.2) is 22.5 Å². The Morgan fingerprint density at radius 2 is 1.72 bits per heavy atom. The summed E-state index contributed by atoms with van der Waals surface area (Å²) < 4.78 is 0. The minimum atomic E-state index is -0.941. The van der Waals surface area contributed by atoms with Crippen LogP contribution in [0, 0.1) is 11.3 Å². The van der Waals surface area contributed by atoms with Gasteiger partial charge in [0.25, 0.3) is 0 Å². The Morgan fingerprint density at radius 1 is 1.17 bits per heavy atom. The Kier molecular flexibility index (Phi) is 3.39. The summed E-state index contributed by atoms with van der Waals surface area (Å²) in [4.78, 5) is 23.6. The summed E-state index contributed by atoms with van der Waals surface area (Å²) in [6, 6.07) is 0. The molecule has 2 aliphatic rings. The van der Waals surface area contributed by atoms with Crippen molar-refractivity contribution in [2.45, 2.75) is 64.3 Å². The fourth-order valence-electron chi connectivity index (χ4n) is 3.22. The summed E-state index contributed by atoms with van der Waals surface area (Å²) in [5.41, 5.74) is -1.25. The van der Waals surface area contributed by atoms with E-state index < -0.39 is 11.5 Å². The minimum absolute atomic E-state index is 0.0198. The van der Waals surface area contributed by atoms with E-state index in [0.29, 0.717) is 18.8 Å². The number of carbonyl (C=O) groups excluding carboxylic acids is 1. The van der Waals surface area contributed by atoms with Crippen LogP contribution in [0.5, 0.6) is 0 Å². The number of hydrogen-bond donors (Lipinski definition) is 2. The molecule has 0 atom stereocenters. The Morgan fingerprint density at radius 3 is 2.11 bits per heavy atom. The zero-order valence-electron chi connectivity index (χ0n) is 11.3. The topological polar surface area (TPSA) is 66.4 Å². The first-order valence-corrected chi connectivity index (χ1v) is 6.96. The molecular formula is C14H23NO3. The molecule has 0 aliphatic heterocycles. The lowest BCUT2D eigenvalue weighted by Gasteiger charge is -2.31. The maximum Gasteiger partial charge on any atom is 0.329 e. The number of carbonyl (C=O) groups is 2. The number of aliphatic carboxylic acids is 1. The van der Waals surface area contributed by atoms with Gasteiger partial charge in [-0.05, 0) is 38.0 Å². The lowest BCUT2D eigenvalue weighted by atomic mass is 9.77. The van der Waals surface area contributed by atoms with Crippen molar-refractivity contribution in [3.8, 4) is 0 Å². The zero-order valence-corrected chi connectivity index (χ0v) is 11.3. The van der Waals surface area contributed by atoms with Gasteiger partial charge in [-0.2, -0.15) is 0 Å². The number of amides is 1. The van der Waals surface area contributed by atoms with Crippen molar-refractivity contribution in [3.05, 3.63) is 0 Å². The van der Waals surface area contributed by atoms with E-state index >= 15 is 0 Å². The lowest BCUT2D eigenvalue weighted by Crippen LogP contribution is -2.49. The van der Waals surface area contributed by atoms with Gasteiger partial charge in [0.2, 0.25) is 5.91 Å². The van der Waals surface area contributed by atoms with Gasteiger partial charge in [-0.1, -0.05) is 26.7 Å². The second-order valence-corrected chi connectivity index (χ2v) is 6.43. The molecule has 0 aromatic carbocycles. The van der Waals surface area contributed by atoms with Crippen LogP contribution in [0.15, 0.2) is 0 Å². The Labute approximate surface area is 108 Å². The Balaban J connectivity index is 2.07. The predicted molar refractivity (Wildman–Crippen MR) is 68.1 cm³/mol. The average molecular weight is 253 g/mol. The van der Waals surface area contributed by atoms with Crippen LogP contribution in [0.1, 0.15) is 58.8 Å². The molecule has 102 valence electrons. The molecule has 0 bridgehead atoms. The van der Waals surface area contributed by atoms with E-state index in [4.69, 9.17) is 5.11 Å². The van der Waals surface area contributed by atoms with E-state index in [1.54, 1.807) is 0 Å². The maximum atomic E-state index is 12.5. The van der Waals surface area contributed by atoms with Gasteiger partial charge in [0.1, 0.15) is 5.54 Å². The predicted octanol–water partition coefficient (Wildman–Crippen LogP) is 2.33. The molecule has 2 saturated carbocycles. The van der Waals surface area contributed by atoms with E-state index in [0.717, 1.165) is 32.1 Å². The largest absolute Gasteiger partial charge is 0.480 e. The van der Waals surface area contributed by atoms with Crippen LogP contribution in [0.3, 0.4) is 0 Å². The molecule has 2 rings (SSSR count). The third-order valence-electron chi connectivity index (χ3n) is 4.35. The van der Waals surface area contributed by atoms with E-state index in [-0.39, 0.29) is 11.3 Å². The molecular weight excluding hydrogens is 230 g/mol. The second kappa shape index (κ2) is 4.56. The van der Waals surface area contributed by atoms with Crippen molar-refractivity contribution < 1.29 is 14.7 Å². The van der Waals surface area contributed by atoms with Crippen LogP contribution in [0.2, 0.25) is 0 Å². The number of nitrogens with one attached hydrogen (secondary N) is 1. The first kappa shape index (κ1) is 13.4. The van der Waals surface area contributed by atoms with Gasteiger partial charge in [-0.15, -0.1) is 0 Å². The first-order valence-electron chi connectivity index (χ1n) is 6.96. The fraction of sp³-hybridized carbons (Fsp3) is 0.857. The van der Waals surface area contributed by atoms with Crippen molar-refractivity contribution in [1.82, 2.24) is 5.32 Å². The molecule has 0 saturated heterocycles. The van der Waals surface area contributed by atoms with E-state index in [9.17, 15) is 9.59 Å². The summed E-state index contributed by atoms with van der Waals surface area (Å²) in [6.45, 7) is 4.24. The molecule has 4 heteroatoms. The van der Waals surface area contributed by atoms with Crippen LogP contribution in [0.25, 0.3) is 0 Å². The Bertz CT molecular complexity index is 352. The molecule has 0 aromatic heterocycles. The van der Waals surface area contributed by atoms with Crippen molar-refractivity contribution in [3.63, 3.8) is 0 Å². The third-order valence-corrected chi connectivity index (χ3v) is 4.35. The minimum Gasteiger partial charge on any atom is -0.480 e. The number of carboxylic acids is 1. The third kappa shape index (κ3) is 2.38. The van der Waals surface area contributed by atoms with E-state index in [2.05, 4.69) is 19.2 Å². The highest BCUT2D eigenvalue weighted by molar-refractivity contribution is 5.92. The molecule has 0 radical (unpaired) electrons. The number of carboxylic acid groups (broad SMARTS) is 1. The molecule has 4 nitrogen and oxygen atoms in total. The van der Waals surface area contributed by atoms with Crippen molar-refractivity contribution >= 4 is 11.9 Å². The normalized spacial score (nSPS) is 23.9.